The minimum atomic E-state index is -0.0191. The van der Waals surface area contributed by atoms with Gasteiger partial charge in [-0.1, -0.05) is 42.5 Å². The van der Waals surface area contributed by atoms with E-state index >= 15 is 0 Å². The molecule has 0 amide bonds. The van der Waals surface area contributed by atoms with E-state index in [2.05, 4.69) is 4.98 Å². The van der Waals surface area contributed by atoms with Gasteiger partial charge < -0.3 is 4.74 Å². The maximum atomic E-state index is 12.0. The van der Waals surface area contributed by atoms with Crippen LogP contribution in [0.1, 0.15) is 20.8 Å². The van der Waals surface area contributed by atoms with E-state index in [1.807, 2.05) is 54.2 Å². The first kappa shape index (κ1) is 14.5. The molecule has 0 spiro atoms. The Hall–Kier alpha value is -2.46. The molecule has 3 rings (SSSR count). The number of ketones is 1. The molecule has 0 unspecified atom stereocenters. The first-order chi connectivity index (χ1) is 10.8. The number of carbonyl (C=O) groups excluding carboxylic acids is 1. The van der Waals surface area contributed by atoms with Gasteiger partial charge in [0.15, 0.2) is 12.4 Å². The third kappa shape index (κ3) is 3.80. The lowest BCUT2D eigenvalue weighted by Gasteiger charge is -2.06. The average Bonchev–Trinajstić information content (AvgIpc) is 3.08. The maximum absolute atomic E-state index is 12.0. The van der Waals surface area contributed by atoms with Crippen molar-refractivity contribution in [2.75, 3.05) is 6.61 Å². The molecule has 1 aromatic heterocycles. The van der Waals surface area contributed by atoms with Gasteiger partial charge in [-0.05, 0) is 17.7 Å². The van der Waals surface area contributed by atoms with Crippen molar-refractivity contribution in [3.63, 3.8) is 0 Å². The third-order valence-corrected chi connectivity index (χ3v) is 4.03. The third-order valence-electron chi connectivity index (χ3n) is 3.25. The highest BCUT2D eigenvalue weighted by molar-refractivity contribution is 7.09. The van der Waals surface area contributed by atoms with Crippen molar-refractivity contribution in [1.29, 1.82) is 0 Å². The fourth-order valence-corrected chi connectivity index (χ4v) is 2.72. The highest BCUT2D eigenvalue weighted by Gasteiger charge is 2.06. The Balaban J connectivity index is 1.56. The van der Waals surface area contributed by atoms with Crippen LogP contribution in [0.3, 0.4) is 0 Å². The Kier molecular flexibility index (Phi) is 4.61. The highest BCUT2D eigenvalue weighted by Crippen LogP contribution is 2.17. The molecule has 0 saturated carbocycles. The van der Waals surface area contributed by atoms with Crippen LogP contribution in [0.25, 0.3) is 0 Å². The molecule has 3 aromatic rings. The summed E-state index contributed by atoms with van der Waals surface area (Å²) in [5.74, 6) is 0.687. The fraction of sp³-hybridized carbons (Fsp3) is 0.111. The summed E-state index contributed by atoms with van der Waals surface area (Å²) in [5.41, 5.74) is 3.71. The van der Waals surface area contributed by atoms with Crippen LogP contribution in [-0.2, 0) is 6.42 Å². The number of ether oxygens (including phenoxy) is 1. The van der Waals surface area contributed by atoms with E-state index in [1.165, 1.54) is 10.4 Å². The summed E-state index contributed by atoms with van der Waals surface area (Å²) < 4.78 is 5.55. The normalized spacial score (nSPS) is 10.4. The summed E-state index contributed by atoms with van der Waals surface area (Å²) in [4.78, 5) is 17.3. The number of hydrogen-bond acceptors (Lipinski definition) is 4. The number of benzene rings is 2. The lowest BCUT2D eigenvalue weighted by molar-refractivity contribution is 0.0921. The quantitative estimate of drug-likeness (QED) is 0.646. The van der Waals surface area contributed by atoms with E-state index in [-0.39, 0.29) is 12.4 Å². The van der Waals surface area contributed by atoms with Crippen LogP contribution >= 0.6 is 11.3 Å². The first-order valence-electron chi connectivity index (χ1n) is 6.98. The molecular formula is C18H15NO2S. The smallest absolute Gasteiger partial charge is 0.200 e. The van der Waals surface area contributed by atoms with E-state index in [1.54, 1.807) is 23.5 Å². The van der Waals surface area contributed by atoms with Crippen LogP contribution in [0, 0.1) is 0 Å². The zero-order valence-corrected chi connectivity index (χ0v) is 12.8. The van der Waals surface area contributed by atoms with Crippen molar-refractivity contribution in [3.05, 3.63) is 82.3 Å². The molecule has 3 nitrogen and oxygen atoms in total. The first-order valence-corrected chi connectivity index (χ1v) is 7.86. The van der Waals surface area contributed by atoms with Crippen molar-refractivity contribution >= 4 is 17.1 Å². The van der Waals surface area contributed by atoms with Crippen LogP contribution < -0.4 is 4.74 Å². The summed E-state index contributed by atoms with van der Waals surface area (Å²) in [6, 6.07) is 17.0. The van der Waals surface area contributed by atoms with Gasteiger partial charge >= 0.3 is 0 Å². The molecule has 0 atom stereocenters. The van der Waals surface area contributed by atoms with Gasteiger partial charge in [0, 0.05) is 23.1 Å². The minimum absolute atomic E-state index is 0.0191. The molecule has 0 saturated heterocycles. The van der Waals surface area contributed by atoms with E-state index in [0.717, 1.165) is 6.42 Å². The molecule has 0 fully saturated rings. The van der Waals surface area contributed by atoms with Gasteiger partial charge in [0.25, 0.3) is 0 Å². The monoisotopic (exact) mass is 309 g/mol. The molecule has 0 bridgehead atoms. The van der Waals surface area contributed by atoms with Crippen molar-refractivity contribution in [3.8, 4) is 5.75 Å². The highest BCUT2D eigenvalue weighted by atomic mass is 32.1. The fourth-order valence-electron chi connectivity index (χ4n) is 2.09. The van der Waals surface area contributed by atoms with Crippen molar-refractivity contribution in [1.82, 2.24) is 4.98 Å². The van der Waals surface area contributed by atoms with E-state index in [0.29, 0.717) is 11.3 Å². The number of nitrogens with zero attached hydrogens (tertiary/aromatic N) is 1. The van der Waals surface area contributed by atoms with Gasteiger partial charge in [-0.3, -0.25) is 9.78 Å². The Bertz CT molecular complexity index is 722. The van der Waals surface area contributed by atoms with Gasteiger partial charge in [0.2, 0.25) is 0 Å². The summed E-state index contributed by atoms with van der Waals surface area (Å²) in [6.07, 6.45) is 2.75. The molecule has 2 aromatic carbocycles. The Morgan fingerprint density at radius 3 is 2.50 bits per heavy atom. The molecule has 0 aliphatic heterocycles. The van der Waals surface area contributed by atoms with Crippen molar-refractivity contribution < 1.29 is 9.53 Å². The predicted molar refractivity (Wildman–Crippen MR) is 87.6 cm³/mol. The lowest BCUT2D eigenvalue weighted by atomic mass is 10.1. The molecule has 0 aliphatic carbocycles. The molecule has 110 valence electrons. The van der Waals surface area contributed by atoms with Gasteiger partial charge in [0.05, 0.1) is 5.51 Å². The van der Waals surface area contributed by atoms with Crippen LogP contribution in [-0.4, -0.2) is 17.4 Å². The molecule has 0 radical (unpaired) electrons. The van der Waals surface area contributed by atoms with Gasteiger partial charge in [-0.2, -0.15) is 0 Å². The van der Waals surface area contributed by atoms with Gasteiger partial charge in [-0.15, -0.1) is 11.3 Å². The molecular weight excluding hydrogens is 294 g/mol. The second-order valence-electron chi connectivity index (χ2n) is 4.87. The van der Waals surface area contributed by atoms with Crippen LogP contribution in [0.5, 0.6) is 5.75 Å². The predicted octanol–water partition coefficient (Wildman–Crippen LogP) is 4.00. The van der Waals surface area contributed by atoms with Crippen LogP contribution in [0.2, 0.25) is 0 Å². The number of hydrogen-bond donors (Lipinski definition) is 0. The number of Topliss-reactive ketones (excluding diaryl/α,β-unsaturated/α-hetero) is 1. The van der Waals surface area contributed by atoms with Crippen LogP contribution in [0.4, 0.5) is 0 Å². The van der Waals surface area contributed by atoms with E-state index < -0.39 is 0 Å². The molecule has 4 heteroatoms. The SMILES string of the molecule is O=C(COc1ccc(Cc2cncs2)cc1)c1ccccc1. The zero-order valence-electron chi connectivity index (χ0n) is 11.9. The Morgan fingerprint density at radius 2 is 1.82 bits per heavy atom. The Morgan fingerprint density at radius 1 is 1.05 bits per heavy atom. The van der Waals surface area contributed by atoms with Crippen LogP contribution in [0.15, 0.2) is 66.3 Å². The maximum Gasteiger partial charge on any atom is 0.200 e. The van der Waals surface area contributed by atoms with Gasteiger partial charge in [0.1, 0.15) is 5.75 Å². The van der Waals surface area contributed by atoms with Crippen molar-refractivity contribution in [2.24, 2.45) is 0 Å². The number of rotatable bonds is 6. The van der Waals surface area contributed by atoms with E-state index in [9.17, 15) is 4.79 Å². The topological polar surface area (TPSA) is 39.2 Å². The summed E-state index contributed by atoms with van der Waals surface area (Å²) in [5, 5.41) is 0. The second kappa shape index (κ2) is 7.00. The second-order valence-corrected chi connectivity index (χ2v) is 5.84. The minimum Gasteiger partial charge on any atom is -0.485 e. The summed E-state index contributed by atoms with van der Waals surface area (Å²) in [6.45, 7) is 0.0538. The van der Waals surface area contributed by atoms with E-state index in [4.69, 9.17) is 4.74 Å². The molecule has 1 heterocycles. The average molecular weight is 309 g/mol. The molecule has 22 heavy (non-hydrogen) atoms. The lowest BCUT2D eigenvalue weighted by Crippen LogP contribution is -2.11. The number of thiazole rings is 1. The van der Waals surface area contributed by atoms with Crippen molar-refractivity contribution in [2.45, 2.75) is 6.42 Å². The van der Waals surface area contributed by atoms with Gasteiger partial charge in [-0.25, -0.2) is 0 Å². The molecule has 0 N–H and O–H groups in total. The number of aromatic nitrogens is 1. The largest absolute Gasteiger partial charge is 0.485 e. The number of carbonyl (C=O) groups is 1. The standard InChI is InChI=1S/C18H15NO2S/c20-18(15-4-2-1-3-5-15)12-21-16-8-6-14(7-9-16)10-17-11-19-13-22-17/h1-9,11,13H,10,12H2. The summed E-state index contributed by atoms with van der Waals surface area (Å²) in [7, 11) is 0. The summed E-state index contributed by atoms with van der Waals surface area (Å²) >= 11 is 1.65. The molecule has 0 aliphatic rings. The zero-order chi connectivity index (χ0) is 15.2. The Labute approximate surface area is 133 Å².